The SMILES string of the molecule is COc1cccc(N2CCC(CNc3ccncc3C(N)=O)C2)c1. The molecule has 0 aliphatic carbocycles. The van der Waals surface area contributed by atoms with Gasteiger partial charge in [0.05, 0.1) is 18.4 Å². The molecule has 6 nitrogen and oxygen atoms in total. The van der Waals surface area contributed by atoms with E-state index < -0.39 is 5.91 Å². The Labute approximate surface area is 141 Å². The van der Waals surface area contributed by atoms with Crippen LogP contribution < -0.4 is 20.7 Å². The molecule has 6 heteroatoms. The maximum absolute atomic E-state index is 11.4. The second kappa shape index (κ2) is 7.21. The molecule has 0 spiro atoms. The monoisotopic (exact) mass is 326 g/mol. The first-order chi connectivity index (χ1) is 11.7. The van der Waals surface area contributed by atoms with Crippen molar-refractivity contribution in [1.29, 1.82) is 0 Å². The number of primary amides is 1. The first-order valence-electron chi connectivity index (χ1n) is 8.04. The summed E-state index contributed by atoms with van der Waals surface area (Å²) in [5.74, 6) is 0.914. The lowest BCUT2D eigenvalue weighted by molar-refractivity contribution is 0.100. The lowest BCUT2D eigenvalue weighted by Gasteiger charge is -2.20. The van der Waals surface area contributed by atoms with Crippen LogP contribution in [0.4, 0.5) is 11.4 Å². The fourth-order valence-corrected chi connectivity index (χ4v) is 3.04. The Morgan fingerprint density at radius 1 is 1.46 bits per heavy atom. The first-order valence-corrected chi connectivity index (χ1v) is 8.04. The van der Waals surface area contributed by atoms with Gasteiger partial charge >= 0.3 is 0 Å². The van der Waals surface area contributed by atoms with Gasteiger partial charge in [-0.2, -0.15) is 0 Å². The number of carbonyl (C=O) groups is 1. The molecular weight excluding hydrogens is 304 g/mol. The van der Waals surface area contributed by atoms with Gasteiger partial charge in [-0.25, -0.2) is 0 Å². The average Bonchev–Trinajstić information content (AvgIpc) is 3.09. The Bertz CT molecular complexity index is 720. The molecule has 0 radical (unpaired) electrons. The van der Waals surface area contributed by atoms with Crippen LogP contribution in [0, 0.1) is 5.92 Å². The molecule has 1 atom stereocenters. The normalized spacial score (nSPS) is 16.9. The van der Waals surface area contributed by atoms with Crippen LogP contribution in [0.25, 0.3) is 0 Å². The standard InChI is InChI=1S/C18H22N4O2/c1-24-15-4-2-3-14(9-15)22-8-6-13(12-22)10-21-17-5-7-20-11-16(17)18(19)23/h2-5,7,9,11,13H,6,8,10,12H2,1H3,(H2,19,23)(H,20,21). The smallest absolute Gasteiger partial charge is 0.252 e. The molecule has 1 fully saturated rings. The number of nitrogens with one attached hydrogen (secondary N) is 1. The molecule has 1 unspecified atom stereocenters. The molecule has 0 saturated carbocycles. The van der Waals surface area contributed by atoms with Crippen LogP contribution in [-0.4, -0.2) is 37.6 Å². The molecule has 0 bridgehead atoms. The van der Waals surface area contributed by atoms with Gasteiger partial charge < -0.3 is 20.7 Å². The molecular formula is C18H22N4O2. The number of nitrogens with two attached hydrogens (primary N) is 1. The van der Waals surface area contributed by atoms with E-state index in [0.29, 0.717) is 11.5 Å². The number of rotatable bonds is 6. The lowest BCUT2D eigenvalue weighted by atomic mass is 10.1. The van der Waals surface area contributed by atoms with Crippen molar-refractivity contribution >= 4 is 17.3 Å². The molecule has 1 aromatic carbocycles. The van der Waals surface area contributed by atoms with Gasteiger partial charge in [-0.1, -0.05) is 6.07 Å². The molecule has 1 aliphatic heterocycles. The zero-order valence-electron chi connectivity index (χ0n) is 13.7. The summed E-state index contributed by atoms with van der Waals surface area (Å²) in [4.78, 5) is 17.7. The van der Waals surface area contributed by atoms with Gasteiger partial charge in [-0.3, -0.25) is 9.78 Å². The minimum Gasteiger partial charge on any atom is -0.497 e. The summed E-state index contributed by atoms with van der Waals surface area (Å²) >= 11 is 0. The van der Waals surface area contributed by atoms with Gasteiger partial charge in [0.2, 0.25) is 0 Å². The minimum atomic E-state index is -0.463. The number of benzene rings is 1. The highest BCUT2D eigenvalue weighted by Crippen LogP contribution is 2.27. The summed E-state index contributed by atoms with van der Waals surface area (Å²) in [5, 5.41) is 3.34. The van der Waals surface area contributed by atoms with Crippen LogP contribution in [-0.2, 0) is 0 Å². The number of ether oxygens (including phenoxy) is 1. The second-order valence-electron chi connectivity index (χ2n) is 5.97. The summed E-state index contributed by atoms with van der Waals surface area (Å²) in [6.07, 6.45) is 4.26. The van der Waals surface area contributed by atoms with Gasteiger partial charge in [0, 0.05) is 43.8 Å². The Morgan fingerprint density at radius 2 is 2.33 bits per heavy atom. The second-order valence-corrected chi connectivity index (χ2v) is 5.97. The van der Waals surface area contributed by atoms with Crippen LogP contribution in [0.15, 0.2) is 42.7 Å². The van der Waals surface area contributed by atoms with Gasteiger partial charge in [-0.05, 0) is 30.5 Å². The van der Waals surface area contributed by atoms with Crippen molar-refractivity contribution in [3.8, 4) is 5.75 Å². The van der Waals surface area contributed by atoms with Crippen molar-refractivity contribution in [3.63, 3.8) is 0 Å². The summed E-state index contributed by atoms with van der Waals surface area (Å²) in [5.41, 5.74) is 7.74. The quantitative estimate of drug-likeness (QED) is 0.850. The number of aromatic nitrogens is 1. The number of carbonyl (C=O) groups excluding carboxylic acids is 1. The van der Waals surface area contributed by atoms with Crippen LogP contribution >= 0.6 is 0 Å². The Hall–Kier alpha value is -2.76. The van der Waals surface area contributed by atoms with E-state index >= 15 is 0 Å². The molecule has 1 aromatic heterocycles. The summed E-state index contributed by atoms with van der Waals surface area (Å²) in [7, 11) is 1.68. The molecule has 1 amide bonds. The summed E-state index contributed by atoms with van der Waals surface area (Å²) < 4.78 is 5.29. The minimum absolute atomic E-state index is 0.431. The topological polar surface area (TPSA) is 80.5 Å². The molecule has 1 aliphatic rings. The summed E-state index contributed by atoms with van der Waals surface area (Å²) in [6, 6.07) is 9.91. The van der Waals surface area contributed by atoms with Gasteiger partial charge in [0.1, 0.15) is 5.75 Å². The van der Waals surface area contributed by atoms with Crippen LogP contribution in [0.5, 0.6) is 5.75 Å². The highest BCUT2D eigenvalue weighted by atomic mass is 16.5. The number of hydrogen-bond donors (Lipinski definition) is 2. The third-order valence-corrected chi connectivity index (χ3v) is 4.37. The zero-order valence-corrected chi connectivity index (χ0v) is 13.7. The van der Waals surface area contributed by atoms with Crippen molar-refractivity contribution in [2.45, 2.75) is 6.42 Å². The number of anilines is 2. The maximum atomic E-state index is 11.4. The average molecular weight is 326 g/mol. The Kier molecular flexibility index (Phi) is 4.84. The molecule has 126 valence electrons. The predicted octanol–water partition coefficient (Wildman–Crippen LogP) is 2.13. The molecule has 24 heavy (non-hydrogen) atoms. The van der Waals surface area contributed by atoms with E-state index in [0.717, 1.165) is 37.5 Å². The fourth-order valence-electron chi connectivity index (χ4n) is 3.04. The fraction of sp³-hybridized carbons (Fsp3) is 0.333. The summed E-state index contributed by atoms with van der Waals surface area (Å²) in [6.45, 7) is 2.78. The van der Waals surface area contributed by atoms with E-state index in [1.807, 2.05) is 12.1 Å². The van der Waals surface area contributed by atoms with E-state index in [4.69, 9.17) is 10.5 Å². The lowest BCUT2D eigenvalue weighted by Crippen LogP contribution is -2.23. The number of hydrogen-bond acceptors (Lipinski definition) is 5. The molecule has 3 rings (SSSR count). The predicted molar refractivity (Wildman–Crippen MR) is 94.6 cm³/mol. The zero-order chi connectivity index (χ0) is 16.9. The van der Waals surface area contributed by atoms with Crippen molar-refractivity contribution in [3.05, 3.63) is 48.3 Å². The Morgan fingerprint density at radius 3 is 3.12 bits per heavy atom. The van der Waals surface area contributed by atoms with Crippen molar-refractivity contribution in [1.82, 2.24) is 4.98 Å². The highest BCUT2D eigenvalue weighted by molar-refractivity contribution is 5.98. The maximum Gasteiger partial charge on any atom is 0.252 e. The number of nitrogens with zero attached hydrogens (tertiary/aromatic N) is 2. The van der Waals surface area contributed by atoms with Gasteiger partial charge in [-0.15, -0.1) is 0 Å². The van der Waals surface area contributed by atoms with E-state index in [1.165, 1.54) is 11.9 Å². The van der Waals surface area contributed by atoms with E-state index in [2.05, 4.69) is 27.3 Å². The number of pyridine rings is 1. The van der Waals surface area contributed by atoms with E-state index in [9.17, 15) is 4.79 Å². The van der Waals surface area contributed by atoms with Gasteiger partial charge in [0.15, 0.2) is 0 Å². The van der Waals surface area contributed by atoms with Crippen molar-refractivity contribution in [2.24, 2.45) is 11.7 Å². The molecule has 3 N–H and O–H groups in total. The third-order valence-electron chi connectivity index (χ3n) is 4.37. The molecule has 2 heterocycles. The highest BCUT2D eigenvalue weighted by Gasteiger charge is 2.23. The molecule has 1 saturated heterocycles. The Balaban J connectivity index is 1.60. The third kappa shape index (κ3) is 3.59. The number of amides is 1. The van der Waals surface area contributed by atoms with Crippen molar-refractivity contribution in [2.75, 3.05) is 37.0 Å². The van der Waals surface area contributed by atoms with E-state index in [1.54, 1.807) is 19.4 Å². The van der Waals surface area contributed by atoms with Crippen LogP contribution in [0.1, 0.15) is 16.8 Å². The van der Waals surface area contributed by atoms with Crippen LogP contribution in [0.3, 0.4) is 0 Å². The first kappa shape index (κ1) is 16.1. The van der Waals surface area contributed by atoms with Gasteiger partial charge in [0.25, 0.3) is 5.91 Å². The number of methoxy groups -OCH3 is 1. The largest absolute Gasteiger partial charge is 0.497 e. The molecule has 2 aromatic rings. The van der Waals surface area contributed by atoms with Crippen LogP contribution in [0.2, 0.25) is 0 Å². The van der Waals surface area contributed by atoms with E-state index in [-0.39, 0.29) is 0 Å². The van der Waals surface area contributed by atoms with Crippen molar-refractivity contribution < 1.29 is 9.53 Å².